The number of rotatable bonds is 4. The van der Waals surface area contributed by atoms with Gasteiger partial charge in [0, 0.05) is 42.3 Å². The van der Waals surface area contributed by atoms with E-state index in [9.17, 15) is 9.59 Å². The highest BCUT2D eigenvalue weighted by Crippen LogP contribution is 2.40. The Morgan fingerprint density at radius 2 is 1.86 bits per heavy atom. The molecule has 1 saturated heterocycles. The summed E-state index contributed by atoms with van der Waals surface area (Å²) < 4.78 is 2.97. The number of aromatic nitrogens is 4. The second-order valence-corrected chi connectivity index (χ2v) is 8.70. The Balaban J connectivity index is 1.46. The van der Waals surface area contributed by atoms with Crippen molar-refractivity contribution in [1.29, 1.82) is 0 Å². The van der Waals surface area contributed by atoms with Gasteiger partial charge < -0.3 is 0 Å². The maximum atomic E-state index is 12.7. The Hall–Kier alpha value is -2.58. The second kappa shape index (κ2) is 6.79. The Labute approximate surface area is 165 Å². The summed E-state index contributed by atoms with van der Waals surface area (Å²) in [6, 6.07) is 7.98. The van der Waals surface area contributed by atoms with Gasteiger partial charge in [-0.25, -0.2) is 4.68 Å². The maximum Gasteiger partial charge on any atom is 0.332 e. The highest BCUT2D eigenvalue weighted by atomic mass is 32.1. The van der Waals surface area contributed by atoms with Crippen LogP contribution in [0.1, 0.15) is 29.1 Å². The van der Waals surface area contributed by atoms with Crippen LogP contribution in [0, 0.1) is 0 Å². The number of fused-ring (bicyclic) bond motifs is 2. The third kappa shape index (κ3) is 2.93. The van der Waals surface area contributed by atoms with E-state index in [0.717, 1.165) is 43.2 Å². The molecule has 28 heavy (non-hydrogen) atoms. The van der Waals surface area contributed by atoms with Gasteiger partial charge in [-0.05, 0) is 48.5 Å². The summed E-state index contributed by atoms with van der Waals surface area (Å²) in [6.45, 7) is 3.63. The highest BCUT2D eigenvalue weighted by Gasteiger charge is 2.47. The SMILES string of the molecule is O=c1c(=O)n2c(nn1Cc1cccs1)C1(CCN(Cc3ccncc3)C1)CC2. The van der Waals surface area contributed by atoms with E-state index in [0.29, 0.717) is 13.1 Å². The van der Waals surface area contributed by atoms with Crippen molar-refractivity contribution in [3.8, 4) is 0 Å². The molecular formula is C20H21N5O2S. The topological polar surface area (TPSA) is 73.0 Å². The van der Waals surface area contributed by atoms with Gasteiger partial charge in [0.15, 0.2) is 0 Å². The molecule has 3 aromatic heterocycles. The smallest absolute Gasteiger partial charge is 0.298 e. The van der Waals surface area contributed by atoms with Crippen LogP contribution in [0.25, 0.3) is 0 Å². The fraction of sp³-hybridized carbons (Fsp3) is 0.400. The molecule has 2 aliphatic heterocycles. The lowest BCUT2D eigenvalue weighted by Crippen LogP contribution is -2.45. The van der Waals surface area contributed by atoms with E-state index >= 15 is 0 Å². The first-order valence-corrected chi connectivity index (χ1v) is 10.4. The van der Waals surface area contributed by atoms with E-state index in [1.54, 1.807) is 15.9 Å². The summed E-state index contributed by atoms with van der Waals surface area (Å²) in [5.41, 5.74) is 0.127. The van der Waals surface area contributed by atoms with Crippen LogP contribution >= 0.6 is 11.3 Å². The molecule has 5 rings (SSSR count). The molecule has 5 heterocycles. The molecule has 3 aromatic rings. The molecule has 2 aliphatic rings. The summed E-state index contributed by atoms with van der Waals surface area (Å²) in [5.74, 6) is 0.783. The lowest BCUT2D eigenvalue weighted by Gasteiger charge is -2.23. The summed E-state index contributed by atoms with van der Waals surface area (Å²) >= 11 is 1.57. The third-order valence-electron chi connectivity index (χ3n) is 5.90. The minimum absolute atomic E-state index is 0.142. The van der Waals surface area contributed by atoms with Crippen LogP contribution < -0.4 is 11.1 Å². The van der Waals surface area contributed by atoms with Crippen LogP contribution in [0.15, 0.2) is 51.6 Å². The van der Waals surface area contributed by atoms with E-state index in [-0.39, 0.29) is 5.41 Å². The van der Waals surface area contributed by atoms with Crippen molar-refractivity contribution < 1.29 is 0 Å². The molecule has 1 unspecified atom stereocenters. The first-order chi connectivity index (χ1) is 13.6. The predicted molar refractivity (Wildman–Crippen MR) is 107 cm³/mol. The number of thiophene rings is 1. The molecule has 0 aromatic carbocycles. The molecule has 1 fully saturated rings. The number of likely N-dealkylation sites (tertiary alicyclic amines) is 1. The minimum Gasteiger partial charge on any atom is -0.298 e. The maximum absolute atomic E-state index is 12.7. The van der Waals surface area contributed by atoms with Gasteiger partial charge in [0.05, 0.1) is 6.54 Å². The van der Waals surface area contributed by atoms with Crippen molar-refractivity contribution in [3.63, 3.8) is 0 Å². The van der Waals surface area contributed by atoms with Crippen molar-refractivity contribution >= 4 is 11.3 Å². The Morgan fingerprint density at radius 1 is 1.04 bits per heavy atom. The van der Waals surface area contributed by atoms with E-state index in [4.69, 9.17) is 5.10 Å². The molecular weight excluding hydrogens is 374 g/mol. The van der Waals surface area contributed by atoms with Crippen molar-refractivity contribution in [1.82, 2.24) is 24.2 Å². The van der Waals surface area contributed by atoms with Gasteiger partial charge in [-0.3, -0.25) is 24.0 Å². The van der Waals surface area contributed by atoms with Crippen LogP contribution in [0.3, 0.4) is 0 Å². The fourth-order valence-electron chi connectivity index (χ4n) is 4.46. The number of nitrogens with zero attached hydrogens (tertiary/aromatic N) is 5. The van der Waals surface area contributed by atoms with Gasteiger partial charge in [-0.15, -0.1) is 11.3 Å². The molecule has 1 atom stereocenters. The molecule has 8 heteroatoms. The third-order valence-corrected chi connectivity index (χ3v) is 6.76. The largest absolute Gasteiger partial charge is 0.332 e. The molecule has 0 N–H and O–H groups in total. The predicted octanol–water partition coefficient (Wildman–Crippen LogP) is 1.46. The molecule has 1 spiro atoms. The summed E-state index contributed by atoms with van der Waals surface area (Å²) in [5, 5.41) is 6.67. The van der Waals surface area contributed by atoms with Crippen molar-refractivity contribution in [2.75, 3.05) is 13.1 Å². The zero-order valence-electron chi connectivity index (χ0n) is 15.5. The number of hydrogen-bond donors (Lipinski definition) is 0. The van der Waals surface area contributed by atoms with E-state index in [1.807, 2.05) is 42.0 Å². The summed E-state index contributed by atoms with van der Waals surface area (Å²) in [7, 11) is 0. The van der Waals surface area contributed by atoms with Crippen LogP contribution in [0.4, 0.5) is 0 Å². The molecule has 0 aliphatic carbocycles. The standard InChI is InChI=1S/C20H21N5O2S/c26-17-18(27)25(13-16-2-1-11-28-16)22-19-20(6-10-24(17)19)5-9-23(14-20)12-15-3-7-21-8-4-15/h1-4,7-8,11H,5-6,9-10,12-14H2. The molecule has 0 saturated carbocycles. The lowest BCUT2D eigenvalue weighted by molar-refractivity contribution is 0.298. The molecule has 7 nitrogen and oxygen atoms in total. The normalized spacial score (nSPS) is 21.4. The van der Waals surface area contributed by atoms with Crippen LogP contribution in [-0.4, -0.2) is 37.3 Å². The fourth-order valence-corrected chi connectivity index (χ4v) is 5.14. The summed E-state index contributed by atoms with van der Waals surface area (Å²) in [6.07, 6.45) is 5.46. The van der Waals surface area contributed by atoms with E-state index < -0.39 is 11.1 Å². The lowest BCUT2D eigenvalue weighted by atomic mass is 9.85. The Morgan fingerprint density at radius 3 is 2.64 bits per heavy atom. The van der Waals surface area contributed by atoms with E-state index in [1.165, 1.54) is 10.2 Å². The van der Waals surface area contributed by atoms with Gasteiger partial charge in [-0.1, -0.05) is 6.07 Å². The van der Waals surface area contributed by atoms with Gasteiger partial charge in [0.25, 0.3) is 0 Å². The first kappa shape index (κ1) is 17.5. The Bertz CT molecular complexity index is 1110. The van der Waals surface area contributed by atoms with Gasteiger partial charge in [0.1, 0.15) is 5.82 Å². The van der Waals surface area contributed by atoms with Gasteiger partial charge in [-0.2, -0.15) is 5.10 Å². The van der Waals surface area contributed by atoms with Crippen LogP contribution in [0.2, 0.25) is 0 Å². The quantitative estimate of drug-likeness (QED) is 0.626. The molecule has 0 radical (unpaired) electrons. The van der Waals surface area contributed by atoms with Crippen LogP contribution in [-0.2, 0) is 25.0 Å². The zero-order valence-corrected chi connectivity index (χ0v) is 16.3. The van der Waals surface area contributed by atoms with Gasteiger partial charge >= 0.3 is 11.1 Å². The number of pyridine rings is 1. The van der Waals surface area contributed by atoms with E-state index in [2.05, 4.69) is 9.88 Å². The van der Waals surface area contributed by atoms with Crippen molar-refractivity contribution in [2.45, 2.75) is 37.9 Å². The second-order valence-electron chi connectivity index (χ2n) is 7.67. The first-order valence-electron chi connectivity index (χ1n) is 9.51. The molecule has 0 bridgehead atoms. The molecule has 144 valence electrons. The van der Waals surface area contributed by atoms with Crippen molar-refractivity contribution in [3.05, 3.63) is 79.0 Å². The molecule has 0 amide bonds. The van der Waals surface area contributed by atoms with Crippen molar-refractivity contribution in [2.24, 2.45) is 0 Å². The average molecular weight is 395 g/mol. The monoisotopic (exact) mass is 395 g/mol. The highest BCUT2D eigenvalue weighted by molar-refractivity contribution is 7.09. The minimum atomic E-state index is -0.527. The van der Waals surface area contributed by atoms with Gasteiger partial charge in [0.2, 0.25) is 0 Å². The Kier molecular flexibility index (Phi) is 4.25. The van der Waals surface area contributed by atoms with Crippen LogP contribution in [0.5, 0.6) is 0 Å². The number of hydrogen-bond acceptors (Lipinski definition) is 6. The summed E-state index contributed by atoms with van der Waals surface area (Å²) in [4.78, 5) is 32.7. The zero-order chi connectivity index (χ0) is 19.1. The average Bonchev–Trinajstić information content (AvgIpc) is 3.43.